The van der Waals surface area contributed by atoms with E-state index >= 15 is 0 Å². The number of benzene rings is 1. The van der Waals surface area contributed by atoms with E-state index in [1.54, 1.807) is 10.9 Å². The number of aromatic nitrogens is 2. The highest BCUT2D eigenvalue weighted by molar-refractivity contribution is 5.33. The van der Waals surface area contributed by atoms with Gasteiger partial charge in [-0.25, -0.2) is 4.68 Å². The highest BCUT2D eigenvalue weighted by Gasteiger charge is 2.12. The highest BCUT2D eigenvalue weighted by Crippen LogP contribution is 2.11. The summed E-state index contributed by atoms with van der Waals surface area (Å²) in [6.45, 7) is 0.599. The molecule has 0 fully saturated rings. The van der Waals surface area contributed by atoms with Gasteiger partial charge in [0, 0.05) is 18.9 Å². The van der Waals surface area contributed by atoms with Crippen LogP contribution in [0.1, 0.15) is 5.56 Å². The molecule has 0 amide bonds. The molecule has 0 atom stereocenters. The molecule has 0 aliphatic rings. The number of aliphatic hydroxyl groups is 2. The molecule has 0 bridgehead atoms. The van der Waals surface area contributed by atoms with Crippen LogP contribution in [0.2, 0.25) is 0 Å². The monoisotopic (exact) mass is 261 g/mol. The Bertz CT molecular complexity index is 478. The fourth-order valence-electron chi connectivity index (χ4n) is 1.93. The van der Waals surface area contributed by atoms with Crippen LogP contribution in [0.5, 0.6) is 0 Å². The van der Waals surface area contributed by atoms with Crippen LogP contribution >= 0.6 is 0 Å². The van der Waals surface area contributed by atoms with Gasteiger partial charge < -0.3 is 10.2 Å². The van der Waals surface area contributed by atoms with Crippen molar-refractivity contribution in [1.82, 2.24) is 14.7 Å². The van der Waals surface area contributed by atoms with Gasteiger partial charge in [-0.05, 0) is 30.8 Å². The maximum atomic E-state index is 9.13. The summed E-state index contributed by atoms with van der Waals surface area (Å²) in [7, 11) is 1.89. The zero-order valence-electron chi connectivity index (χ0n) is 11.0. The van der Waals surface area contributed by atoms with Crippen molar-refractivity contribution in [3.05, 3.63) is 48.3 Å². The summed E-state index contributed by atoms with van der Waals surface area (Å²) in [5, 5.41) is 22.4. The molecule has 2 rings (SSSR count). The van der Waals surface area contributed by atoms with E-state index in [9.17, 15) is 0 Å². The third-order valence-electron chi connectivity index (χ3n) is 3.18. The van der Waals surface area contributed by atoms with Gasteiger partial charge in [-0.2, -0.15) is 5.10 Å². The topological polar surface area (TPSA) is 61.5 Å². The number of nitrogens with zero attached hydrogens (tertiary/aromatic N) is 3. The minimum absolute atomic E-state index is 0.0433. The fourth-order valence-corrected chi connectivity index (χ4v) is 1.93. The normalized spacial score (nSPS) is 11.4. The summed E-state index contributed by atoms with van der Waals surface area (Å²) < 4.78 is 1.80. The van der Waals surface area contributed by atoms with E-state index < -0.39 is 0 Å². The molecule has 2 N–H and O–H groups in total. The summed E-state index contributed by atoms with van der Waals surface area (Å²) in [6.07, 6.45) is 3.64. The van der Waals surface area contributed by atoms with Crippen LogP contribution < -0.4 is 0 Å². The molecule has 0 unspecified atom stereocenters. The zero-order chi connectivity index (χ0) is 13.7. The predicted molar refractivity (Wildman–Crippen MR) is 73.0 cm³/mol. The van der Waals surface area contributed by atoms with Gasteiger partial charge in [-0.3, -0.25) is 4.90 Å². The summed E-state index contributed by atoms with van der Waals surface area (Å²) >= 11 is 0. The summed E-state index contributed by atoms with van der Waals surface area (Å²) in [4.78, 5) is 1.93. The second-order valence-corrected chi connectivity index (χ2v) is 4.55. The fraction of sp³-hybridized carbons (Fsp3) is 0.357. The smallest absolute Gasteiger partial charge is 0.0645 e. The van der Waals surface area contributed by atoms with E-state index in [1.165, 1.54) is 0 Å². The van der Waals surface area contributed by atoms with Crippen molar-refractivity contribution in [2.24, 2.45) is 0 Å². The van der Waals surface area contributed by atoms with Crippen molar-refractivity contribution >= 4 is 0 Å². The van der Waals surface area contributed by atoms with Crippen molar-refractivity contribution in [3.63, 3.8) is 0 Å². The van der Waals surface area contributed by atoms with E-state index in [0.717, 1.165) is 11.3 Å². The molecule has 1 aromatic heterocycles. The molecule has 1 heterocycles. The van der Waals surface area contributed by atoms with Crippen molar-refractivity contribution in [1.29, 1.82) is 0 Å². The van der Waals surface area contributed by atoms with E-state index in [0.29, 0.717) is 6.54 Å². The van der Waals surface area contributed by atoms with Crippen LogP contribution in [0.4, 0.5) is 0 Å². The van der Waals surface area contributed by atoms with Gasteiger partial charge in [-0.15, -0.1) is 0 Å². The maximum Gasteiger partial charge on any atom is 0.0645 e. The van der Waals surface area contributed by atoms with Crippen LogP contribution in [0, 0.1) is 0 Å². The molecule has 2 aromatic rings. The lowest BCUT2D eigenvalue weighted by Gasteiger charge is -2.24. The molecule has 19 heavy (non-hydrogen) atoms. The van der Waals surface area contributed by atoms with Gasteiger partial charge in [0.05, 0.1) is 24.9 Å². The van der Waals surface area contributed by atoms with Gasteiger partial charge in [0.2, 0.25) is 0 Å². The van der Waals surface area contributed by atoms with E-state index in [2.05, 4.69) is 5.10 Å². The Kier molecular flexibility index (Phi) is 4.68. The lowest BCUT2D eigenvalue weighted by molar-refractivity contribution is 0.0874. The standard InChI is InChI=1S/C14H19N3O2/c1-16(14(10-18)11-19)9-12-3-5-13(6-4-12)17-8-2-7-15-17/h2-8,14,18-19H,9-11H2,1H3. The largest absolute Gasteiger partial charge is 0.395 e. The van der Waals surface area contributed by atoms with Gasteiger partial charge in [0.15, 0.2) is 0 Å². The Labute approximate surface area is 112 Å². The number of hydrogen-bond donors (Lipinski definition) is 2. The molecule has 0 aliphatic heterocycles. The van der Waals surface area contributed by atoms with Crippen molar-refractivity contribution in [2.75, 3.05) is 20.3 Å². The lowest BCUT2D eigenvalue weighted by Crippen LogP contribution is -2.37. The third kappa shape index (κ3) is 3.41. The minimum Gasteiger partial charge on any atom is -0.395 e. The molecule has 0 spiro atoms. The number of aliphatic hydroxyl groups excluding tert-OH is 2. The maximum absolute atomic E-state index is 9.13. The average molecular weight is 261 g/mol. The van der Waals surface area contributed by atoms with E-state index in [1.807, 2.05) is 48.5 Å². The molecule has 102 valence electrons. The summed E-state index contributed by atoms with van der Waals surface area (Å²) in [5.41, 5.74) is 2.14. The summed E-state index contributed by atoms with van der Waals surface area (Å²) in [6, 6.07) is 9.73. The summed E-state index contributed by atoms with van der Waals surface area (Å²) in [5.74, 6) is 0. The number of rotatable bonds is 6. The first-order valence-corrected chi connectivity index (χ1v) is 6.25. The molecule has 0 aliphatic carbocycles. The SMILES string of the molecule is CN(Cc1ccc(-n2cccn2)cc1)C(CO)CO. The highest BCUT2D eigenvalue weighted by atomic mass is 16.3. The Morgan fingerprint density at radius 2 is 1.89 bits per heavy atom. The first-order valence-electron chi connectivity index (χ1n) is 6.25. The molecule has 1 aromatic carbocycles. The van der Waals surface area contributed by atoms with Crippen molar-refractivity contribution in [2.45, 2.75) is 12.6 Å². The Balaban J connectivity index is 2.03. The minimum atomic E-state index is -0.217. The Hall–Kier alpha value is -1.69. The Morgan fingerprint density at radius 3 is 2.42 bits per heavy atom. The van der Waals surface area contributed by atoms with Gasteiger partial charge in [0.1, 0.15) is 0 Å². The lowest BCUT2D eigenvalue weighted by atomic mass is 10.1. The molecular weight excluding hydrogens is 242 g/mol. The van der Waals surface area contributed by atoms with Crippen LogP contribution in [-0.4, -0.2) is 51.2 Å². The van der Waals surface area contributed by atoms with Crippen LogP contribution in [0.25, 0.3) is 5.69 Å². The van der Waals surface area contributed by atoms with Crippen molar-refractivity contribution in [3.8, 4) is 5.69 Å². The van der Waals surface area contributed by atoms with Gasteiger partial charge >= 0.3 is 0 Å². The number of likely N-dealkylation sites (N-methyl/N-ethyl adjacent to an activating group) is 1. The molecule has 0 saturated carbocycles. The first-order chi connectivity index (χ1) is 9.24. The van der Waals surface area contributed by atoms with Gasteiger partial charge in [-0.1, -0.05) is 12.1 Å². The predicted octanol–water partition coefficient (Wildman–Crippen LogP) is 0.657. The van der Waals surface area contributed by atoms with Crippen molar-refractivity contribution < 1.29 is 10.2 Å². The van der Waals surface area contributed by atoms with Crippen LogP contribution in [-0.2, 0) is 6.54 Å². The first kappa shape index (κ1) is 13.7. The third-order valence-corrected chi connectivity index (χ3v) is 3.18. The Morgan fingerprint density at radius 1 is 1.21 bits per heavy atom. The molecule has 5 heteroatoms. The van der Waals surface area contributed by atoms with E-state index in [-0.39, 0.29) is 19.3 Å². The molecule has 5 nitrogen and oxygen atoms in total. The van der Waals surface area contributed by atoms with E-state index in [4.69, 9.17) is 10.2 Å². The van der Waals surface area contributed by atoms with Gasteiger partial charge in [0.25, 0.3) is 0 Å². The number of hydrogen-bond acceptors (Lipinski definition) is 4. The quantitative estimate of drug-likeness (QED) is 0.802. The molecule has 0 radical (unpaired) electrons. The zero-order valence-corrected chi connectivity index (χ0v) is 11.0. The second-order valence-electron chi connectivity index (χ2n) is 4.55. The molecule has 0 saturated heterocycles. The molecular formula is C14H19N3O2. The average Bonchev–Trinajstić information content (AvgIpc) is 2.95. The van der Waals surface area contributed by atoms with Crippen LogP contribution in [0.15, 0.2) is 42.7 Å². The van der Waals surface area contributed by atoms with Crippen LogP contribution in [0.3, 0.4) is 0 Å². The second kappa shape index (κ2) is 6.47.